The van der Waals surface area contributed by atoms with Crippen molar-refractivity contribution in [2.45, 2.75) is 39.8 Å². The van der Waals surface area contributed by atoms with Gasteiger partial charge < -0.3 is 5.11 Å². The van der Waals surface area contributed by atoms with Crippen LogP contribution in [0.25, 0.3) is 0 Å². The molecule has 0 aromatic carbocycles. The Morgan fingerprint density at radius 2 is 2.11 bits per heavy atom. The van der Waals surface area contributed by atoms with Gasteiger partial charge in [-0.25, -0.2) is 0 Å². The third-order valence-electron chi connectivity index (χ3n) is 3.05. The summed E-state index contributed by atoms with van der Waals surface area (Å²) < 4.78 is 1.85. The Labute approximate surface area is 107 Å². The highest BCUT2D eigenvalue weighted by Crippen LogP contribution is 2.22. The molecule has 0 saturated carbocycles. The average Bonchev–Trinajstić information content (AvgIpc) is 2.82. The number of pyridine rings is 1. The van der Waals surface area contributed by atoms with Gasteiger partial charge in [-0.15, -0.1) is 0 Å². The number of aromatic nitrogens is 3. The normalized spacial score (nSPS) is 12.7. The van der Waals surface area contributed by atoms with E-state index in [9.17, 15) is 5.11 Å². The van der Waals surface area contributed by atoms with E-state index in [1.807, 2.05) is 36.7 Å². The van der Waals surface area contributed by atoms with Crippen LogP contribution in [0.5, 0.6) is 0 Å². The SMILES string of the molecule is CCc1cc(C(O)c2ccc(C)nc2)n(CC)n1. The van der Waals surface area contributed by atoms with Crippen LogP contribution in [-0.4, -0.2) is 19.9 Å². The third kappa shape index (κ3) is 2.43. The standard InChI is InChI=1S/C14H19N3O/c1-4-12-8-13(17(5-2)16-12)14(18)11-7-6-10(3)15-9-11/h6-9,14,18H,4-5H2,1-3H3. The van der Waals surface area contributed by atoms with Gasteiger partial charge in [-0.3, -0.25) is 9.67 Å². The largest absolute Gasteiger partial charge is 0.382 e. The summed E-state index contributed by atoms with van der Waals surface area (Å²) in [6.07, 6.45) is 1.93. The number of nitrogens with zero attached hydrogens (tertiary/aromatic N) is 3. The molecule has 2 aromatic rings. The van der Waals surface area contributed by atoms with Gasteiger partial charge in [0.05, 0.1) is 11.4 Å². The molecule has 0 aliphatic carbocycles. The highest BCUT2D eigenvalue weighted by molar-refractivity contribution is 5.26. The maximum absolute atomic E-state index is 10.4. The molecule has 0 radical (unpaired) electrons. The van der Waals surface area contributed by atoms with Gasteiger partial charge in [0.2, 0.25) is 0 Å². The summed E-state index contributed by atoms with van der Waals surface area (Å²) >= 11 is 0. The predicted octanol–water partition coefficient (Wildman–Crippen LogP) is 2.25. The molecule has 0 fully saturated rings. The molecule has 0 spiro atoms. The Hall–Kier alpha value is -1.68. The lowest BCUT2D eigenvalue weighted by molar-refractivity contribution is 0.207. The van der Waals surface area contributed by atoms with Gasteiger partial charge in [0.1, 0.15) is 6.10 Å². The fourth-order valence-electron chi connectivity index (χ4n) is 1.94. The van der Waals surface area contributed by atoms with Crippen LogP contribution in [0.4, 0.5) is 0 Å². The summed E-state index contributed by atoms with van der Waals surface area (Å²) in [5.41, 5.74) is 3.59. The molecule has 1 atom stereocenters. The van der Waals surface area contributed by atoms with E-state index in [0.29, 0.717) is 0 Å². The molecule has 1 unspecified atom stereocenters. The summed E-state index contributed by atoms with van der Waals surface area (Å²) in [5, 5.41) is 14.9. The summed E-state index contributed by atoms with van der Waals surface area (Å²) in [6.45, 7) is 6.77. The van der Waals surface area contributed by atoms with Gasteiger partial charge in [0.15, 0.2) is 0 Å². The number of aliphatic hydroxyl groups excluding tert-OH is 1. The Morgan fingerprint density at radius 3 is 2.67 bits per heavy atom. The van der Waals surface area contributed by atoms with Crippen molar-refractivity contribution in [2.75, 3.05) is 0 Å². The van der Waals surface area contributed by atoms with Gasteiger partial charge >= 0.3 is 0 Å². The molecular weight excluding hydrogens is 226 g/mol. The van der Waals surface area contributed by atoms with Crippen LogP contribution >= 0.6 is 0 Å². The Morgan fingerprint density at radius 1 is 1.33 bits per heavy atom. The lowest BCUT2D eigenvalue weighted by Gasteiger charge is -2.12. The van der Waals surface area contributed by atoms with Gasteiger partial charge in [-0.2, -0.15) is 5.10 Å². The first-order chi connectivity index (χ1) is 8.65. The number of rotatable bonds is 4. The lowest BCUT2D eigenvalue weighted by atomic mass is 10.1. The highest BCUT2D eigenvalue weighted by atomic mass is 16.3. The number of aliphatic hydroxyl groups is 1. The van der Waals surface area contributed by atoms with Crippen molar-refractivity contribution in [3.8, 4) is 0 Å². The highest BCUT2D eigenvalue weighted by Gasteiger charge is 2.16. The van der Waals surface area contributed by atoms with Crippen molar-refractivity contribution in [3.05, 3.63) is 47.0 Å². The summed E-state index contributed by atoms with van der Waals surface area (Å²) in [5.74, 6) is 0. The van der Waals surface area contributed by atoms with Crippen LogP contribution in [0.15, 0.2) is 24.4 Å². The second kappa shape index (κ2) is 5.31. The Kier molecular flexibility index (Phi) is 3.77. The molecule has 0 bridgehead atoms. The number of aryl methyl sites for hydroxylation is 3. The van der Waals surface area contributed by atoms with E-state index in [2.05, 4.69) is 17.0 Å². The second-order valence-electron chi connectivity index (χ2n) is 4.37. The lowest BCUT2D eigenvalue weighted by Crippen LogP contribution is -2.09. The molecule has 2 aromatic heterocycles. The van der Waals surface area contributed by atoms with E-state index < -0.39 is 6.10 Å². The van der Waals surface area contributed by atoms with Crippen LogP contribution < -0.4 is 0 Å². The fraction of sp³-hybridized carbons (Fsp3) is 0.429. The van der Waals surface area contributed by atoms with Gasteiger partial charge in [0, 0.05) is 24.0 Å². The maximum Gasteiger partial charge on any atom is 0.122 e. The van der Waals surface area contributed by atoms with Crippen LogP contribution in [0, 0.1) is 6.92 Å². The molecule has 0 amide bonds. The molecule has 0 aliphatic heterocycles. The maximum atomic E-state index is 10.4. The van der Waals surface area contributed by atoms with E-state index in [-0.39, 0.29) is 0 Å². The van der Waals surface area contributed by atoms with Crippen LogP contribution in [0.1, 0.15) is 42.6 Å². The molecule has 18 heavy (non-hydrogen) atoms. The molecule has 4 heteroatoms. The van der Waals surface area contributed by atoms with E-state index in [1.165, 1.54) is 0 Å². The zero-order valence-corrected chi connectivity index (χ0v) is 11.1. The van der Waals surface area contributed by atoms with E-state index >= 15 is 0 Å². The zero-order chi connectivity index (χ0) is 13.1. The summed E-state index contributed by atoms with van der Waals surface area (Å²) in [6, 6.07) is 5.78. The molecular formula is C14H19N3O. The van der Waals surface area contributed by atoms with Crippen molar-refractivity contribution in [1.82, 2.24) is 14.8 Å². The topological polar surface area (TPSA) is 50.9 Å². The van der Waals surface area contributed by atoms with E-state index in [4.69, 9.17) is 0 Å². The molecule has 2 rings (SSSR count). The monoisotopic (exact) mass is 245 g/mol. The van der Waals surface area contributed by atoms with Gasteiger partial charge in [-0.1, -0.05) is 13.0 Å². The summed E-state index contributed by atoms with van der Waals surface area (Å²) in [7, 11) is 0. The second-order valence-corrected chi connectivity index (χ2v) is 4.37. The molecule has 0 aliphatic rings. The quantitative estimate of drug-likeness (QED) is 0.898. The molecule has 1 N–H and O–H groups in total. The molecule has 0 saturated heterocycles. The summed E-state index contributed by atoms with van der Waals surface area (Å²) in [4.78, 5) is 4.22. The third-order valence-corrected chi connectivity index (χ3v) is 3.05. The Balaban J connectivity index is 2.35. The smallest absolute Gasteiger partial charge is 0.122 e. The molecule has 2 heterocycles. The molecule has 96 valence electrons. The predicted molar refractivity (Wildman–Crippen MR) is 70.3 cm³/mol. The minimum absolute atomic E-state index is 0.661. The van der Waals surface area contributed by atoms with Crippen molar-refractivity contribution >= 4 is 0 Å². The average molecular weight is 245 g/mol. The number of hydrogen-bond acceptors (Lipinski definition) is 3. The van der Waals surface area contributed by atoms with Crippen molar-refractivity contribution in [3.63, 3.8) is 0 Å². The van der Waals surface area contributed by atoms with E-state index in [1.54, 1.807) is 6.20 Å². The fourth-order valence-corrected chi connectivity index (χ4v) is 1.94. The van der Waals surface area contributed by atoms with Crippen molar-refractivity contribution in [2.24, 2.45) is 0 Å². The van der Waals surface area contributed by atoms with Crippen molar-refractivity contribution in [1.29, 1.82) is 0 Å². The number of hydrogen-bond donors (Lipinski definition) is 1. The van der Waals surface area contributed by atoms with Crippen LogP contribution in [0.3, 0.4) is 0 Å². The minimum atomic E-state index is -0.661. The first-order valence-electron chi connectivity index (χ1n) is 6.33. The molecule has 4 nitrogen and oxygen atoms in total. The van der Waals surface area contributed by atoms with Gasteiger partial charge in [0.25, 0.3) is 0 Å². The first kappa shape index (κ1) is 12.8. The van der Waals surface area contributed by atoms with Crippen LogP contribution in [-0.2, 0) is 13.0 Å². The minimum Gasteiger partial charge on any atom is -0.382 e. The first-order valence-corrected chi connectivity index (χ1v) is 6.33. The van der Waals surface area contributed by atoms with Crippen LogP contribution in [0.2, 0.25) is 0 Å². The van der Waals surface area contributed by atoms with Crippen molar-refractivity contribution < 1.29 is 5.11 Å². The zero-order valence-electron chi connectivity index (χ0n) is 11.1. The Bertz CT molecular complexity index is 516. The van der Waals surface area contributed by atoms with E-state index in [0.717, 1.165) is 35.6 Å². The van der Waals surface area contributed by atoms with Gasteiger partial charge in [-0.05, 0) is 32.4 Å².